The number of morpholine rings is 2. The van der Waals surface area contributed by atoms with Gasteiger partial charge in [0.15, 0.2) is 5.69 Å². The molecular weight excluding hydrogens is 485 g/mol. The van der Waals surface area contributed by atoms with Crippen LogP contribution in [-0.2, 0) is 16.0 Å². The van der Waals surface area contributed by atoms with Crippen molar-refractivity contribution in [2.45, 2.75) is 32.2 Å². The van der Waals surface area contributed by atoms with Gasteiger partial charge in [-0.3, -0.25) is 9.59 Å². The lowest BCUT2D eigenvalue weighted by atomic mass is 10.0. The molecular formula is C25H32FN5O6. The predicted molar refractivity (Wildman–Crippen MR) is 133 cm³/mol. The van der Waals surface area contributed by atoms with Gasteiger partial charge in [0, 0.05) is 38.3 Å². The summed E-state index contributed by atoms with van der Waals surface area (Å²) >= 11 is 0. The molecule has 1 aromatic carbocycles. The quantitative estimate of drug-likeness (QED) is 0.565. The summed E-state index contributed by atoms with van der Waals surface area (Å²) in [6.07, 6.45) is -0.276. The van der Waals surface area contributed by atoms with E-state index in [0.29, 0.717) is 81.1 Å². The highest BCUT2D eigenvalue weighted by Gasteiger charge is 2.36. The van der Waals surface area contributed by atoms with Crippen molar-refractivity contribution < 1.29 is 33.0 Å². The topological polar surface area (TPSA) is 121 Å². The summed E-state index contributed by atoms with van der Waals surface area (Å²) in [7, 11) is 0. The molecule has 2 aromatic rings. The minimum absolute atomic E-state index is 0.137. The fourth-order valence-corrected chi connectivity index (χ4v) is 4.60. The highest BCUT2D eigenvalue weighted by molar-refractivity contribution is 6.07. The van der Waals surface area contributed by atoms with Crippen molar-refractivity contribution in [2.75, 3.05) is 74.3 Å². The summed E-state index contributed by atoms with van der Waals surface area (Å²) < 4.78 is 30.9. The summed E-state index contributed by atoms with van der Waals surface area (Å²) in [5.74, 6) is -0.745. The largest absolute Gasteiger partial charge is 0.431 e. The van der Waals surface area contributed by atoms with E-state index in [1.54, 1.807) is 12.1 Å². The zero-order chi connectivity index (χ0) is 26.2. The van der Waals surface area contributed by atoms with Crippen molar-refractivity contribution in [2.24, 2.45) is 0 Å². The van der Waals surface area contributed by atoms with Crippen LogP contribution in [0.3, 0.4) is 0 Å². The Morgan fingerprint density at radius 2 is 1.78 bits per heavy atom. The van der Waals surface area contributed by atoms with Crippen molar-refractivity contribution in [3.8, 4) is 0 Å². The zero-order valence-corrected chi connectivity index (χ0v) is 21.0. The van der Waals surface area contributed by atoms with Gasteiger partial charge in [-0.25, -0.2) is 4.39 Å². The maximum atomic E-state index is 14.6. The van der Waals surface area contributed by atoms with Gasteiger partial charge >= 0.3 is 0 Å². The van der Waals surface area contributed by atoms with Gasteiger partial charge in [-0.2, -0.15) is 4.98 Å². The molecule has 0 saturated carbocycles. The molecule has 0 bridgehead atoms. The van der Waals surface area contributed by atoms with E-state index in [1.165, 1.54) is 25.0 Å². The first-order valence-electron chi connectivity index (χ1n) is 12.5. The molecule has 1 aromatic heterocycles. The van der Waals surface area contributed by atoms with Gasteiger partial charge in [0.05, 0.1) is 49.9 Å². The second-order valence-corrected chi connectivity index (χ2v) is 10.0. The summed E-state index contributed by atoms with van der Waals surface area (Å²) in [4.78, 5) is 36.0. The Balaban J connectivity index is 1.39. The Bertz CT molecular complexity index is 1150. The van der Waals surface area contributed by atoms with Gasteiger partial charge < -0.3 is 39.0 Å². The molecule has 11 nitrogen and oxygen atoms in total. The number of nitrogens with one attached hydrogen (secondary N) is 1. The Morgan fingerprint density at radius 1 is 1.14 bits per heavy atom. The highest BCUT2D eigenvalue weighted by Crippen LogP contribution is 2.36. The number of halogens is 1. The number of nitrogens with zero attached hydrogens (tertiary/aromatic N) is 4. The van der Waals surface area contributed by atoms with Crippen LogP contribution in [0.5, 0.6) is 0 Å². The van der Waals surface area contributed by atoms with E-state index in [4.69, 9.17) is 13.9 Å². The molecule has 1 unspecified atom stereocenters. The third-order valence-corrected chi connectivity index (χ3v) is 6.85. The van der Waals surface area contributed by atoms with Gasteiger partial charge in [0.25, 0.3) is 17.8 Å². The fourth-order valence-electron chi connectivity index (χ4n) is 4.60. The molecule has 0 spiro atoms. The van der Waals surface area contributed by atoms with Crippen molar-refractivity contribution >= 4 is 29.2 Å². The third kappa shape index (κ3) is 5.41. The van der Waals surface area contributed by atoms with Crippen LogP contribution >= 0.6 is 0 Å². The first kappa shape index (κ1) is 25.4. The number of anilines is 3. The van der Waals surface area contributed by atoms with Crippen molar-refractivity contribution in [1.29, 1.82) is 0 Å². The van der Waals surface area contributed by atoms with Crippen LogP contribution in [0.2, 0.25) is 0 Å². The van der Waals surface area contributed by atoms with Crippen LogP contribution in [0.4, 0.5) is 21.8 Å². The minimum Gasteiger partial charge on any atom is -0.431 e. The second kappa shape index (κ2) is 10.3. The Hall–Kier alpha value is -3.22. The molecule has 12 heteroatoms. The SMILES string of the molecule is CC(C)(O)C(F)CN1Cc2cc(NC(=O)c3coc(N4CCOCC4)n3)c(N3CCOCC3)cc2C1=O. The number of benzene rings is 1. The monoisotopic (exact) mass is 517 g/mol. The number of hydrogen-bond acceptors (Lipinski definition) is 9. The maximum Gasteiger partial charge on any atom is 0.298 e. The Kier molecular flexibility index (Phi) is 7.06. The Labute approximate surface area is 214 Å². The number of rotatable bonds is 7. The lowest BCUT2D eigenvalue weighted by Crippen LogP contribution is -2.42. The average Bonchev–Trinajstić information content (AvgIpc) is 3.49. The molecule has 4 heterocycles. The number of fused-ring (bicyclic) bond motifs is 1. The summed E-state index contributed by atoms with van der Waals surface area (Å²) in [6, 6.07) is 3.87. The zero-order valence-electron chi connectivity index (χ0n) is 21.0. The van der Waals surface area contributed by atoms with Gasteiger partial charge in [0.1, 0.15) is 12.4 Å². The van der Waals surface area contributed by atoms with E-state index in [0.717, 1.165) is 0 Å². The van der Waals surface area contributed by atoms with E-state index in [-0.39, 0.29) is 24.7 Å². The molecule has 37 heavy (non-hydrogen) atoms. The molecule has 2 saturated heterocycles. The van der Waals surface area contributed by atoms with Gasteiger partial charge in [0.2, 0.25) is 0 Å². The number of carbonyl (C=O) groups excluding carboxylic acids is 2. The standard InChI is InChI=1S/C25H32FN5O6/c1-25(2,34)21(26)14-31-13-16-11-18(20(12-17(16)23(31)33)29-3-7-35-8-4-29)27-22(32)19-15-37-24(28-19)30-5-9-36-10-6-30/h11-12,15,21,34H,3-10,13-14H2,1-2H3,(H,27,32). The lowest BCUT2D eigenvalue weighted by molar-refractivity contribution is -0.0159. The molecule has 0 aliphatic carbocycles. The molecule has 1 atom stereocenters. The number of carbonyl (C=O) groups is 2. The Morgan fingerprint density at radius 3 is 2.43 bits per heavy atom. The number of oxazole rings is 1. The lowest BCUT2D eigenvalue weighted by Gasteiger charge is -2.31. The number of hydrogen-bond donors (Lipinski definition) is 2. The fraction of sp³-hybridized carbons (Fsp3) is 0.560. The number of aliphatic hydroxyl groups is 1. The average molecular weight is 518 g/mol. The van der Waals surface area contributed by atoms with Crippen molar-refractivity contribution in [1.82, 2.24) is 9.88 Å². The van der Waals surface area contributed by atoms with Gasteiger partial charge in [-0.1, -0.05) is 0 Å². The van der Waals surface area contributed by atoms with Crippen LogP contribution in [0.25, 0.3) is 0 Å². The smallest absolute Gasteiger partial charge is 0.298 e. The summed E-state index contributed by atoms with van der Waals surface area (Å²) in [6.45, 7) is 7.33. The van der Waals surface area contributed by atoms with E-state index in [1.807, 2.05) is 9.80 Å². The predicted octanol–water partition coefficient (Wildman–Crippen LogP) is 1.66. The number of alkyl halides is 1. The van der Waals surface area contributed by atoms with E-state index in [2.05, 4.69) is 10.3 Å². The molecule has 3 aliphatic heterocycles. The van der Waals surface area contributed by atoms with Crippen molar-refractivity contribution in [3.05, 3.63) is 35.2 Å². The maximum absolute atomic E-state index is 14.6. The normalized spacial score (nSPS) is 19.2. The van der Waals surface area contributed by atoms with E-state index >= 15 is 0 Å². The van der Waals surface area contributed by atoms with Crippen LogP contribution in [0, 0.1) is 0 Å². The summed E-state index contributed by atoms with van der Waals surface area (Å²) in [5, 5.41) is 12.9. The van der Waals surface area contributed by atoms with Gasteiger partial charge in [-0.05, 0) is 31.5 Å². The second-order valence-electron chi connectivity index (χ2n) is 10.0. The van der Waals surface area contributed by atoms with Crippen LogP contribution in [-0.4, -0.2) is 97.7 Å². The molecule has 2 N–H and O–H groups in total. The van der Waals surface area contributed by atoms with E-state index < -0.39 is 17.7 Å². The molecule has 0 radical (unpaired) electrons. The number of aromatic nitrogens is 1. The number of ether oxygens (including phenoxy) is 2. The molecule has 5 rings (SSSR count). The minimum atomic E-state index is -1.60. The summed E-state index contributed by atoms with van der Waals surface area (Å²) in [5.41, 5.74) is 0.911. The highest BCUT2D eigenvalue weighted by atomic mass is 19.1. The number of amides is 2. The van der Waals surface area contributed by atoms with E-state index in [9.17, 15) is 19.1 Å². The van der Waals surface area contributed by atoms with Gasteiger partial charge in [-0.15, -0.1) is 0 Å². The molecule has 2 fully saturated rings. The third-order valence-electron chi connectivity index (χ3n) is 6.85. The van der Waals surface area contributed by atoms with Crippen LogP contribution < -0.4 is 15.1 Å². The molecule has 2 amide bonds. The first-order valence-corrected chi connectivity index (χ1v) is 12.5. The first-order chi connectivity index (χ1) is 17.7. The van der Waals surface area contributed by atoms with Crippen LogP contribution in [0.1, 0.15) is 40.3 Å². The molecule has 200 valence electrons. The molecule has 3 aliphatic rings. The van der Waals surface area contributed by atoms with Crippen molar-refractivity contribution in [3.63, 3.8) is 0 Å². The van der Waals surface area contributed by atoms with Crippen LogP contribution in [0.15, 0.2) is 22.8 Å².